The summed E-state index contributed by atoms with van der Waals surface area (Å²) in [4.78, 5) is 0. The molecule has 1 unspecified atom stereocenters. The van der Waals surface area contributed by atoms with E-state index in [1.165, 1.54) is 16.8 Å². The van der Waals surface area contributed by atoms with Crippen LogP contribution in [0.5, 0.6) is 0 Å². The molecular formula is C18H15BrFN. The van der Waals surface area contributed by atoms with Crippen LogP contribution in [0.4, 0.5) is 4.39 Å². The minimum atomic E-state index is -0.357. The van der Waals surface area contributed by atoms with E-state index in [0.29, 0.717) is 12.0 Å². The lowest BCUT2D eigenvalue weighted by Crippen LogP contribution is -2.15. The highest BCUT2D eigenvalue weighted by atomic mass is 79.9. The van der Waals surface area contributed by atoms with Crippen LogP contribution in [-0.2, 0) is 6.42 Å². The van der Waals surface area contributed by atoms with Crippen molar-refractivity contribution in [3.63, 3.8) is 0 Å². The molecule has 0 amide bonds. The summed E-state index contributed by atoms with van der Waals surface area (Å²) in [6.07, 6.45) is 0.611. The smallest absolute Gasteiger partial charge is 0.129 e. The molecule has 0 bridgehead atoms. The van der Waals surface area contributed by atoms with Crippen LogP contribution in [0.1, 0.15) is 17.2 Å². The van der Waals surface area contributed by atoms with Crippen molar-refractivity contribution in [1.29, 1.82) is 0 Å². The molecule has 0 aliphatic carbocycles. The molecule has 0 aromatic heterocycles. The summed E-state index contributed by atoms with van der Waals surface area (Å²) >= 11 is 3.26. The van der Waals surface area contributed by atoms with Gasteiger partial charge in [0.2, 0.25) is 0 Å². The minimum absolute atomic E-state index is 0.267. The molecule has 1 atom stereocenters. The first kappa shape index (κ1) is 14.2. The van der Waals surface area contributed by atoms with Gasteiger partial charge in [-0.3, -0.25) is 0 Å². The van der Waals surface area contributed by atoms with Crippen LogP contribution in [-0.4, -0.2) is 0 Å². The number of halogens is 2. The SMILES string of the molecule is NC(Cc1cccc2ccccc12)c1ccc(Br)cc1F. The van der Waals surface area contributed by atoms with E-state index >= 15 is 0 Å². The van der Waals surface area contributed by atoms with Gasteiger partial charge in [0.15, 0.2) is 0 Å². The van der Waals surface area contributed by atoms with E-state index in [1.807, 2.05) is 24.3 Å². The van der Waals surface area contributed by atoms with Gasteiger partial charge in [0.25, 0.3) is 0 Å². The van der Waals surface area contributed by atoms with Gasteiger partial charge >= 0.3 is 0 Å². The van der Waals surface area contributed by atoms with E-state index in [1.54, 1.807) is 6.07 Å². The van der Waals surface area contributed by atoms with E-state index in [9.17, 15) is 4.39 Å². The fourth-order valence-corrected chi connectivity index (χ4v) is 2.95. The van der Waals surface area contributed by atoms with Crippen molar-refractivity contribution in [1.82, 2.24) is 0 Å². The van der Waals surface area contributed by atoms with Gasteiger partial charge in [-0.1, -0.05) is 64.5 Å². The number of benzene rings is 3. The van der Waals surface area contributed by atoms with Gasteiger partial charge < -0.3 is 5.73 Å². The molecular weight excluding hydrogens is 329 g/mol. The van der Waals surface area contributed by atoms with Crippen molar-refractivity contribution in [2.24, 2.45) is 5.73 Å². The number of hydrogen-bond donors (Lipinski definition) is 1. The maximum atomic E-state index is 14.0. The molecule has 0 aliphatic heterocycles. The lowest BCUT2D eigenvalue weighted by atomic mass is 9.95. The predicted octanol–water partition coefficient (Wildman–Crippen LogP) is 4.98. The molecule has 106 valence electrons. The van der Waals surface area contributed by atoms with E-state index in [2.05, 4.69) is 40.2 Å². The van der Waals surface area contributed by atoms with Crippen LogP contribution in [0.3, 0.4) is 0 Å². The zero-order valence-corrected chi connectivity index (χ0v) is 13.0. The Morgan fingerprint density at radius 1 is 1.00 bits per heavy atom. The van der Waals surface area contributed by atoms with E-state index in [-0.39, 0.29) is 11.9 Å². The third-order valence-corrected chi connectivity index (χ3v) is 4.17. The molecule has 0 saturated heterocycles. The molecule has 0 heterocycles. The first-order valence-electron chi connectivity index (χ1n) is 6.82. The van der Waals surface area contributed by atoms with Gasteiger partial charge in [0, 0.05) is 16.1 Å². The summed E-state index contributed by atoms with van der Waals surface area (Å²) in [5, 5.41) is 2.35. The summed E-state index contributed by atoms with van der Waals surface area (Å²) in [7, 11) is 0. The topological polar surface area (TPSA) is 26.0 Å². The Morgan fingerprint density at radius 3 is 2.57 bits per heavy atom. The number of hydrogen-bond acceptors (Lipinski definition) is 1. The van der Waals surface area contributed by atoms with Crippen LogP contribution >= 0.6 is 15.9 Å². The molecule has 3 rings (SSSR count). The summed E-state index contributed by atoms with van der Waals surface area (Å²) in [6.45, 7) is 0. The van der Waals surface area contributed by atoms with Gasteiger partial charge in [-0.15, -0.1) is 0 Å². The molecule has 0 radical (unpaired) electrons. The molecule has 2 N–H and O–H groups in total. The zero-order valence-electron chi connectivity index (χ0n) is 11.4. The normalized spacial score (nSPS) is 12.5. The van der Waals surface area contributed by atoms with Crippen LogP contribution in [0, 0.1) is 5.82 Å². The maximum absolute atomic E-state index is 14.0. The zero-order chi connectivity index (χ0) is 14.8. The molecule has 3 aromatic carbocycles. The van der Waals surface area contributed by atoms with Gasteiger partial charge in [0.1, 0.15) is 5.82 Å². The Morgan fingerprint density at radius 2 is 1.76 bits per heavy atom. The van der Waals surface area contributed by atoms with Crippen molar-refractivity contribution >= 4 is 26.7 Å². The first-order valence-corrected chi connectivity index (χ1v) is 7.61. The second kappa shape index (κ2) is 5.96. The first-order chi connectivity index (χ1) is 10.1. The molecule has 3 heteroatoms. The van der Waals surface area contributed by atoms with Gasteiger partial charge in [0.05, 0.1) is 0 Å². The highest BCUT2D eigenvalue weighted by Gasteiger charge is 2.13. The Balaban J connectivity index is 1.94. The molecule has 0 spiro atoms. The third kappa shape index (κ3) is 2.99. The third-order valence-electron chi connectivity index (χ3n) is 3.68. The van der Waals surface area contributed by atoms with Gasteiger partial charge in [-0.25, -0.2) is 4.39 Å². The average molecular weight is 344 g/mol. The summed E-state index contributed by atoms with van der Waals surface area (Å²) in [5.41, 5.74) is 7.90. The molecule has 3 aromatic rings. The number of rotatable bonds is 3. The maximum Gasteiger partial charge on any atom is 0.129 e. The monoisotopic (exact) mass is 343 g/mol. The van der Waals surface area contributed by atoms with Crippen molar-refractivity contribution in [3.8, 4) is 0 Å². The Labute approximate surface area is 131 Å². The minimum Gasteiger partial charge on any atom is -0.324 e. The average Bonchev–Trinajstić information content (AvgIpc) is 2.47. The van der Waals surface area contributed by atoms with Gasteiger partial charge in [-0.05, 0) is 34.9 Å². The standard InChI is InChI=1S/C18H15BrFN/c19-14-8-9-16(17(20)11-14)18(21)10-13-6-3-5-12-4-1-2-7-15(12)13/h1-9,11,18H,10,21H2. The second-order valence-electron chi connectivity index (χ2n) is 5.11. The number of nitrogens with two attached hydrogens (primary N) is 1. The lowest BCUT2D eigenvalue weighted by Gasteiger charge is -2.15. The Hall–Kier alpha value is -1.71. The summed E-state index contributed by atoms with van der Waals surface area (Å²) < 4.78 is 14.7. The quantitative estimate of drug-likeness (QED) is 0.712. The van der Waals surface area contributed by atoms with Crippen molar-refractivity contribution in [3.05, 3.63) is 82.1 Å². The van der Waals surface area contributed by atoms with Crippen molar-refractivity contribution in [2.75, 3.05) is 0 Å². The fraction of sp³-hybridized carbons (Fsp3) is 0.111. The van der Waals surface area contributed by atoms with Crippen molar-refractivity contribution in [2.45, 2.75) is 12.5 Å². The van der Waals surface area contributed by atoms with Crippen LogP contribution in [0.25, 0.3) is 10.8 Å². The second-order valence-corrected chi connectivity index (χ2v) is 6.03. The largest absolute Gasteiger partial charge is 0.324 e. The predicted molar refractivity (Wildman–Crippen MR) is 88.7 cm³/mol. The van der Waals surface area contributed by atoms with Crippen molar-refractivity contribution < 1.29 is 4.39 Å². The molecule has 0 fully saturated rings. The molecule has 21 heavy (non-hydrogen) atoms. The number of fused-ring (bicyclic) bond motifs is 1. The summed E-state index contributed by atoms with van der Waals surface area (Å²) in [5.74, 6) is -0.267. The Bertz CT molecular complexity index is 780. The molecule has 0 aliphatic rings. The van der Waals surface area contributed by atoms with Crippen LogP contribution < -0.4 is 5.73 Å². The van der Waals surface area contributed by atoms with Crippen LogP contribution in [0.2, 0.25) is 0 Å². The summed E-state index contributed by atoms with van der Waals surface area (Å²) in [6, 6.07) is 19.0. The van der Waals surface area contributed by atoms with E-state index in [4.69, 9.17) is 5.73 Å². The molecule has 0 saturated carbocycles. The van der Waals surface area contributed by atoms with E-state index in [0.717, 1.165) is 10.0 Å². The Kier molecular flexibility index (Phi) is 4.04. The van der Waals surface area contributed by atoms with Gasteiger partial charge in [-0.2, -0.15) is 0 Å². The highest BCUT2D eigenvalue weighted by molar-refractivity contribution is 9.10. The van der Waals surface area contributed by atoms with Crippen LogP contribution in [0.15, 0.2) is 65.1 Å². The highest BCUT2D eigenvalue weighted by Crippen LogP contribution is 2.26. The lowest BCUT2D eigenvalue weighted by molar-refractivity contribution is 0.580. The molecule has 1 nitrogen and oxygen atoms in total. The fourth-order valence-electron chi connectivity index (χ4n) is 2.62. The van der Waals surface area contributed by atoms with E-state index < -0.39 is 0 Å².